The molecule has 2 aromatic carbocycles. The summed E-state index contributed by atoms with van der Waals surface area (Å²) in [7, 11) is 0. The SMILES string of the molecule is CCC(N)(c1ccccc1)c1ccc(C)cc1C. The van der Waals surface area contributed by atoms with Crippen molar-refractivity contribution in [2.24, 2.45) is 5.73 Å². The van der Waals surface area contributed by atoms with Crippen LogP contribution in [-0.2, 0) is 5.54 Å². The van der Waals surface area contributed by atoms with Crippen molar-refractivity contribution in [3.8, 4) is 0 Å². The van der Waals surface area contributed by atoms with Crippen LogP contribution in [0.5, 0.6) is 0 Å². The van der Waals surface area contributed by atoms with Gasteiger partial charge in [-0.1, -0.05) is 61.0 Å². The van der Waals surface area contributed by atoms with E-state index < -0.39 is 0 Å². The molecule has 2 rings (SSSR count). The average molecular weight is 239 g/mol. The molecular weight excluding hydrogens is 218 g/mol. The fourth-order valence-corrected chi connectivity index (χ4v) is 2.60. The minimum absolute atomic E-state index is 0.390. The van der Waals surface area contributed by atoms with Crippen molar-refractivity contribution in [1.82, 2.24) is 0 Å². The van der Waals surface area contributed by atoms with Crippen LogP contribution in [0.3, 0.4) is 0 Å². The summed E-state index contributed by atoms with van der Waals surface area (Å²) in [5.41, 5.74) is 11.3. The molecule has 1 nitrogen and oxygen atoms in total. The highest BCUT2D eigenvalue weighted by molar-refractivity contribution is 5.43. The number of rotatable bonds is 3. The van der Waals surface area contributed by atoms with E-state index in [0.717, 1.165) is 6.42 Å². The van der Waals surface area contributed by atoms with Gasteiger partial charge in [-0.15, -0.1) is 0 Å². The Morgan fingerprint density at radius 2 is 1.67 bits per heavy atom. The zero-order valence-electron chi connectivity index (χ0n) is 11.4. The van der Waals surface area contributed by atoms with Gasteiger partial charge < -0.3 is 5.73 Å². The van der Waals surface area contributed by atoms with Gasteiger partial charge in [0.15, 0.2) is 0 Å². The van der Waals surface area contributed by atoms with E-state index in [4.69, 9.17) is 5.73 Å². The maximum Gasteiger partial charge on any atom is 0.0665 e. The van der Waals surface area contributed by atoms with Crippen molar-refractivity contribution in [3.05, 3.63) is 70.8 Å². The van der Waals surface area contributed by atoms with Crippen LogP contribution in [0.1, 0.15) is 35.6 Å². The zero-order chi connectivity index (χ0) is 13.2. The summed E-state index contributed by atoms with van der Waals surface area (Å²) in [6.07, 6.45) is 0.890. The van der Waals surface area contributed by atoms with Crippen molar-refractivity contribution in [3.63, 3.8) is 0 Å². The zero-order valence-corrected chi connectivity index (χ0v) is 11.4. The molecule has 0 spiro atoms. The molecule has 0 aliphatic heterocycles. The minimum atomic E-state index is -0.390. The van der Waals surface area contributed by atoms with Gasteiger partial charge in [-0.2, -0.15) is 0 Å². The van der Waals surface area contributed by atoms with E-state index in [1.54, 1.807) is 0 Å². The second-order valence-electron chi connectivity index (χ2n) is 5.01. The lowest BCUT2D eigenvalue weighted by Crippen LogP contribution is -2.37. The van der Waals surface area contributed by atoms with Crippen LogP contribution in [0.15, 0.2) is 48.5 Å². The second-order valence-corrected chi connectivity index (χ2v) is 5.01. The van der Waals surface area contributed by atoms with Crippen molar-refractivity contribution in [1.29, 1.82) is 0 Å². The molecular formula is C17H21N. The van der Waals surface area contributed by atoms with E-state index in [1.807, 2.05) is 6.07 Å². The fraction of sp³-hybridized carbons (Fsp3) is 0.294. The van der Waals surface area contributed by atoms with Crippen LogP contribution in [0.25, 0.3) is 0 Å². The van der Waals surface area contributed by atoms with E-state index in [0.29, 0.717) is 0 Å². The molecule has 1 heteroatoms. The molecule has 0 saturated carbocycles. The number of benzene rings is 2. The predicted molar refractivity (Wildman–Crippen MR) is 77.6 cm³/mol. The molecule has 2 aromatic rings. The smallest absolute Gasteiger partial charge is 0.0665 e. The van der Waals surface area contributed by atoms with Crippen LogP contribution >= 0.6 is 0 Å². The largest absolute Gasteiger partial charge is 0.318 e. The average Bonchev–Trinajstić information content (AvgIpc) is 2.39. The molecule has 1 unspecified atom stereocenters. The highest BCUT2D eigenvalue weighted by Crippen LogP contribution is 2.32. The number of nitrogens with two attached hydrogens (primary N) is 1. The normalized spacial score (nSPS) is 14.2. The van der Waals surface area contributed by atoms with Crippen LogP contribution in [0.2, 0.25) is 0 Å². The molecule has 0 aliphatic rings. The van der Waals surface area contributed by atoms with Crippen molar-refractivity contribution >= 4 is 0 Å². The van der Waals surface area contributed by atoms with Crippen LogP contribution in [0, 0.1) is 13.8 Å². The summed E-state index contributed by atoms with van der Waals surface area (Å²) in [6, 6.07) is 16.9. The molecule has 18 heavy (non-hydrogen) atoms. The quantitative estimate of drug-likeness (QED) is 0.863. The van der Waals surface area contributed by atoms with Gasteiger partial charge in [0.1, 0.15) is 0 Å². The van der Waals surface area contributed by atoms with Crippen LogP contribution in [-0.4, -0.2) is 0 Å². The molecule has 1 atom stereocenters. The van der Waals surface area contributed by atoms with Gasteiger partial charge in [-0.25, -0.2) is 0 Å². The molecule has 94 valence electrons. The van der Waals surface area contributed by atoms with Crippen LogP contribution < -0.4 is 5.73 Å². The molecule has 0 saturated heterocycles. The first-order valence-electron chi connectivity index (χ1n) is 6.50. The van der Waals surface area contributed by atoms with Gasteiger partial charge in [0.2, 0.25) is 0 Å². The van der Waals surface area contributed by atoms with E-state index in [-0.39, 0.29) is 5.54 Å². The van der Waals surface area contributed by atoms with E-state index in [9.17, 15) is 0 Å². The van der Waals surface area contributed by atoms with Gasteiger partial charge in [0.05, 0.1) is 5.54 Å². The summed E-state index contributed by atoms with van der Waals surface area (Å²) in [5.74, 6) is 0. The van der Waals surface area contributed by atoms with Crippen molar-refractivity contribution < 1.29 is 0 Å². The summed E-state index contributed by atoms with van der Waals surface area (Å²) in [5, 5.41) is 0. The highest BCUT2D eigenvalue weighted by atomic mass is 14.7. The third-order valence-electron chi connectivity index (χ3n) is 3.71. The van der Waals surface area contributed by atoms with E-state index in [1.165, 1.54) is 22.3 Å². The van der Waals surface area contributed by atoms with Gasteiger partial charge in [0.25, 0.3) is 0 Å². The van der Waals surface area contributed by atoms with Gasteiger partial charge in [-0.05, 0) is 37.0 Å². The van der Waals surface area contributed by atoms with Gasteiger partial charge >= 0.3 is 0 Å². The number of hydrogen-bond acceptors (Lipinski definition) is 1. The predicted octanol–water partition coefficient (Wildman–Crippen LogP) is 3.92. The standard InChI is InChI=1S/C17H21N/c1-4-17(18,15-8-6-5-7-9-15)16-11-10-13(2)12-14(16)3/h5-12H,4,18H2,1-3H3. The molecule has 0 radical (unpaired) electrons. The van der Waals surface area contributed by atoms with Gasteiger partial charge in [0, 0.05) is 0 Å². The Bertz CT molecular complexity index is 531. The van der Waals surface area contributed by atoms with Crippen molar-refractivity contribution in [2.75, 3.05) is 0 Å². The molecule has 0 heterocycles. The lowest BCUT2D eigenvalue weighted by Gasteiger charge is -2.31. The van der Waals surface area contributed by atoms with Crippen molar-refractivity contribution in [2.45, 2.75) is 32.7 Å². The molecule has 0 fully saturated rings. The summed E-state index contributed by atoms with van der Waals surface area (Å²) >= 11 is 0. The molecule has 0 amide bonds. The highest BCUT2D eigenvalue weighted by Gasteiger charge is 2.28. The van der Waals surface area contributed by atoms with Crippen LogP contribution in [0.4, 0.5) is 0 Å². The lowest BCUT2D eigenvalue weighted by molar-refractivity contribution is 0.516. The number of aryl methyl sites for hydroxylation is 2. The fourth-order valence-electron chi connectivity index (χ4n) is 2.60. The monoisotopic (exact) mass is 239 g/mol. The maximum absolute atomic E-state index is 6.69. The summed E-state index contributed by atoms with van der Waals surface area (Å²) < 4.78 is 0. The first-order chi connectivity index (χ1) is 8.58. The first-order valence-corrected chi connectivity index (χ1v) is 6.50. The Labute approximate surface area is 110 Å². The molecule has 0 aromatic heterocycles. The van der Waals surface area contributed by atoms with E-state index in [2.05, 4.69) is 63.2 Å². The minimum Gasteiger partial charge on any atom is -0.318 e. The topological polar surface area (TPSA) is 26.0 Å². The Morgan fingerprint density at radius 3 is 2.22 bits per heavy atom. The third kappa shape index (κ3) is 2.19. The lowest BCUT2D eigenvalue weighted by atomic mass is 9.79. The Morgan fingerprint density at radius 1 is 1.00 bits per heavy atom. The summed E-state index contributed by atoms with van der Waals surface area (Å²) in [4.78, 5) is 0. The number of hydrogen-bond donors (Lipinski definition) is 1. The van der Waals surface area contributed by atoms with Gasteiger partial charge in [-0.3, -0.25) is 0 Å². The molecule has 0 aliphatic carbocycles. The first kappa shape index (κ1) is 12.8. The van der Waals surface area contributed by atoms with E-state index >= 15 is 0 Å². The molecule has 0 bridgehead atoms. The Kier molecular flexibility index (Phi) is 3.53. The maximum atomic E-state index is 6.69. The Hall–Kier alpha value is -1.60. The Balaban J connectivity index is 2.57. The summed E-state index contributed by atoms with van der Waals surface area (Å²) in [6.45, 7) is 6.40. The second kappa shape index (κ2) is 4.95. The molecule has 2 N–H and O–H groups in total. The third-order valence-corrected chi connectivity index (χ3v) is 3.71.